The predicted molar refractivity (Wildman–Crippen MR) is 106 cm³/mol. The van der Waals surface area contributed by atoms with Crippen molar-refractivity contribution in [3.05, 3.63) is 59.1 Å². The van der Waals surface area contributed by atoms with Crippen LogP contribution in [0.5, 0.6) is 5.75 Å². The minimum atomic E-state index is -0.718. The number of nitrogens with one attached hydrogen (secondary N) is 1. The monoisotopic (exact) mass is 386 g/mol. The summed E-state index contributed by atoms with van der Waals surface area (Å²) in [6.07, 6.45) is 2.48. The first kappa shape index (κ1) is 19.2. The Kier molecular flexibility index (Phi) is 6.35. The maximum absolute atomic E-state index is 12.8. The highest BCUT2D eigenvalue weighted by Gasteiger charge is 2.22. The number of anilines is 1. The van der Waals surface area contributed by atoms with Gasteiger partial charge in [-0.1, -0.05) is 23.7 Å². The zero-order chi connectivity index (χ0) is 19.2. The van der Waals surface area contributed by atoms with Gasteiger partial charge < -0.3 is 15.0 Å². The molecule has 1 atom stereocenters. The molecule has 1 saturated heterocycles. The molecule has 2 aromatic carbocycles. The van der Waals surface area contributed by atoms with Crippen LogP contribution in [0.3, 0.4) is 0 Å². The number of likely N-dealkylation sites (tertiary alicyclic amines) is 1. The van der Waals surface area contributed by atoms with Crippen LogP contribution in [0, 0.1) is 0 Å². The third kappa shape index (κ3) is 5.01. The molecule has 0 aromatic heterocycles. The summed E-state index contributed by atoms with van der Waals surface area (Å²) >= 11 is 5.86. The molecule has 1 unspecified atom stereocenters. The molecule has 5 nitrogen and oxygen atoms in total. The van der Waals surface area contributed by atoms with Gasteiger partial charge >= 0.3 is 0 Å². The molecule has 1 aliphatic heterocycles. The average Bonchev–Trinajstić information content (AvgIpc) is 2.70. The highest BCUT2D eigenvalue weighted by molar-refractivity contribution is 6.30. The molecule has 1 aliphatic rings. The highest BCUT2D eigenvalue weighted by atomic mass is 35.5. The number of carbonyl (C=O) groups excluding carboxylic acids is 2. The van der Waals surface area contributed by atoms with Crippen LogP contribution in [-0.4, -0.2) is 35.9 Å². The minimum absolute atomic E-state index is 0.0446. The van der Waals surface area contributed by atoms with E-state index < -0.39 is 6.10 Å². The Hall–Kier alpha value is -2.53. The third-order valence-electron chi connectivity index (χ3n) is 4.55. The van der Waals surface area contributed by atoms with Crippen LogP contribution in [0.15, 0.2) is 48.5 Å². The Morgan fingerprint density at radius 1 is 1.04 bits per heavy atom. The summed E-state index contributed by atoms with van der Waals surface area (Å²) in [7, 11) is 0. The van der Waals surface area contributed by atoms with Gasteiger partial charge in [-0.25, -0.2) is 0 Å². The van der Waals surface area contributed by atoms with E-state index in [0.717, 1.165) is 32.4 Å². The number of nitrogens with zero attached hydrogens (tertiary/aromatic N) is 1. The molecule has 0 saturated carbocycles. The second-order valence-electron chi connectivity index (χ2n) is 6.60. The van der Waals surface area contributed by atoms with E-state index >= 15 is 0 Å². The van der Waals surface area contributed by atoms with Gasteiger partial charge in [-0.3, -0.25) is 9.59 Å². The van der Waals surface area contributed by atoms with E-state index in [1.807, 2.05) is 4.90 Å². The van der Waals surface area contributed by atoms with Crippen molar-refractivity contribution in [1.82, 2.24) is 4.90 Å². The molecule has 2 amide bonds. The second-order valence-corrected chi connectivity index (χ2v) is 7.04. The average molecular weight is 387 g/mol. The lowest BCUT2D eigenvalue weighted by Gasteiger charge is -2.27. The van der Waals surface area contributed by atoms with Crippen LogP contribution in [0.25, 0.3) is 0 Å². The van der Waals surface area contributed by atoms with Crippen molar-refractivity contribution in [1.29, 1.82) is 0 Å². The number of ether oxygens (including phenoxy) is 1. The summed E-state index contributed by atoms with van der Waals surface area (Å²) in [5.74, 6) is 0.195. The molecule has 27 heavy (non-hydrogen) atoms. The van der Waals surface area contributed by atoms with E-state index in [1.165, 1.54) is 0 Å². The Bertz CT molecular complexity index is 801. The summed E-state index contributed by atoms with van der Waals surface area (Å²) in [5.41, 5.74) is 1.01. The molecular weight excluding hydrogens is 364 g/mol. The van der Waals surface area contributed by atoms with Crippen LogP contribution in [0.1, 0.15) is 36.5 Å². The van der Waals surface area contributed by atoms with Gasteiger partial charge in [0.15, 0.2) is 6.10 Å². The predicted octanol–water partition coefficient (Wildman–Crippen LogP) is 4.37. The van der Waals surface area contributed by atoms with Crippen molar-refractivity contribution in [2.75, 3.05) is 18.4 Å². The zero-order valence-corrected chi connectivity index (χ0v) is 16.0. The van der Waals surface area contributed by atoms with Crippen molar-refractivity contribution in [3.8, 4) is 5.75 Å². The van der Waals surface area contributed by atoms with Crippen LogP contribution in [0.4, 0.5) is 5.69 Å². The topological polar surface area (TPSA) is 58.6 Å². The van der Waals surface area contributed by atoms with E-state index in [-0.39, 0.29) is 11.8 Å². The van der Waals surface area contributed by atoms with E-state index in [1.54, 1.807) is 55.5 Å². The number of benzene rings is 2. The normalized spacial score (nSPS) is 15.1. The molecule has 0 radical (unpaired) electrons. The molecule has 2 aromatic rings. The fraction of sp³-hybridized carbons (Fsp3) is 0.333. The lowest BCUT2D eigenvalue weighted by atomic mass is 10.1. The second kappa shape index (κ2) is 8.91. The first-order chi connectivity index (χ1) is 13.0. The van der Waals surface area contributed by atoms with Gasteiger partial charge in [-0.05, 0) is 62.6 Å². The largest absolute Gasteiger partial charge is 0.481 e. The number of carbonyl (C=O) groups is 2. The van der Waals surface area contributed by atoms with Gasteiger partial charge in [-0.2, -0.15) is 0 Å². The molecule has 3 rings (SSSR count). The van der Waals surface area contributed by atoms with Crippen molar-refractivity contribution < 1.29 is 14.3 Å². The van der Waals surface area contributed by atoms with Gasteiger partial charge in [0.2, 0.25) is 0 Å². The number of hydrogen-bond donors (Lipinski definition) is 1. The Labute approximate surface area is 164 Å². The number of rotatable bonds is 5. The number of amides is 2. The fourth-order valence-electron chi connectivity index (χ4n) is 3.05. The summed E-state index contributed by atoms with van der Waals surface area (Å²) in [4.78, 5) is 27.2. The quantitative estimate of drug-likeness (QED) is 0.829. The number of halogens is 1. The van der Waals surface area contributed by atoms with Gasteiger partial charge in [0.05, 0.1) is 11.3 Å². The Morgan fingerprint density at radius 2 is 1.70 bits per heavy atom. The van der Waals surface area contributed by atoms with Crippen LogP contribution >= 0.6 is 11.6 Å². The first-order valence-corrected chi connectivity index (χ1v) is 9.54. The summed E-state index contributed by atoms with van der Waals surface area (Å²) in [6.45, 7) is 3.19. The molecule has 0 spiro atoms. The van der Waals surface area contributed by atoms with Crippen molar-refractivity contribution in [3.63, 3.8) is 0 Å². The standard InChI is InChI=1S/C21H23ClN2O3/c1-15(27-17-11-9-16(22)10-12-17)20(25)23-19-8-4-3-7-18(19)21(26)24-13-5-2-6-14-24/h3-4,7-12,15H,2,5-6,13-14H2,1H3,(H,23,25). The number of hydrogen-bond acceptors (Lipinski definition) is 3. The van der Waals surface area contributed by atoms with Crippen LogP contribution < -0.4 is 10.1 Å². The van der Waals surface area contributed by atoms with Crippen LogP contribution in [0.2, 0.25) is 5.02 Å². The maximum atomic E-state index is 12.8. The van der Waals surface area contributed by atoms with E-state index in [9.17, 15) is 9.59 Å². The lowest BCUT2D eigenvalue weighted by Crippen LogP contribution is -2.36. The fourth-order valence-corrected chi connectivity index (χ4v) is 3.18. The molecular formula is C21H23ClN2O3. The smallest absolute Gasteiger partial charge is 0.265 e. The zero-order valence-electron chi connectivity index (χ0n) is 15.3. The molecule has 0 aliphatic carbocycles. The van der Waals surface area contributed by atoms with E-state index in [4.69, 9.17) is 16.3 Å². The molecule has 142 valence electrons. The van der Waals surface area contributed by atoms with Gasteiger partial charge in [0, 0.05) is 18.1 Å². The van der Waals surface area contributed by atoms with Gasteiger partial charge in [0.25, 0.3) is 11.8 Å². The lowest BCUT2D eigenvalue weighted by molar-refractivity contribution is -0.122. The maximum Gasteiger partial charge on any atom is 0.265 e. The number of piperidine rings is 1. The van der Waals surface area contributed by atoms with Gasteiger partial charge in [-0.15, -0.1) is 0 Å². The summed E-state index contributed by atoms with van der Waals surface area (Å²) in [5, 5.41) is 3.43. The van der Waals surface area contributed by atoms with Crippen molar-refractivity contribution >= 4 is 29.1 Å². The molecule has 6 heteroatoms. The third-order valence-corrected chi connectivity index (χ3v) is 4.81. The van der Waals surface area contributed by atoms with Crippen LogP contribution in [-0.2, 0) is 4.79 Å². The van der Waals surface area contributed by atoms with Crippen molar-refractivity contribution in [2.24, 2.45) is 0 Å². The Balaban J connectivity index is 1.68. The molecule has 1 N–H and O–H groups in total. The van der Waals surface area contributed by atoms with Crippen molar-refractivity contribution in [2.45, 2.75) is 32.3 Å². The molecule has 1 heterocycles. The van der Waals surface area contributed by atoms with E-state index in [0.29, 0.717) is 22.0 Å². The highest BCUT2D eigenvalue weighted by Crippen LogP contribution is 2.21. The first-order valence-electron chi connectivity index (χ1n) is 9.16. The Morgan fingerprint density at radius 3 is 2.41 bits per heavy atom. The molecule has 0 bridgehead atoms. The molecule has 1 fully saturated rings. The van der Waals surface area contributed by atoms with Gasteiger partial charge in [0.1, 0.15) is 5.75 Å². The summed E-state index contributed by atoms with van der Waals surface area (Å²) < 4.78 is 5.65. The SMILES string of the molecule is CC(Oc1ccc(Cl)cc1)C(=O)Nc1ccccc1C(=O)N1CCCCC1. The van der Waals surface area contributed by atoms with E-state index in [2.05, 4.69) is 5.32 Å². The summed E-state index contributed by atoms with van der Waals surface area (Å²) in [6, 6.07) is 13.9. The number of para-hydroxylation sites is 1. The minimum Gasteiger partial charge on any atom is -0.481 e.